The Labute approximate surface area is 198 Å². The highest BCUT2D eigenvalue weighted by atomic mass is 32.2. The number of nitrogens with zero attached hydrogens (tertiary/aromatic N) is 1. The van der Waals surface area contributed by atoms with E-state index < -0.39 is 40.7 Å². The first-order chi connectivity index (χ1) is 16.2. The number of hydrogen-bond acceptors (Lipinski definition) is 6. The number of carbonyl (C=O) groups excluding carboxylic acids is 2. The van der Waals surface area contributed by atoms with Crippen LogP contribution in [0.25, 0.3) is 10.8 Å². The fourth-order valence-electron chi connectivity index (χ4n) is 4.03. The molecule has 4 rings (SSSR count). The van der Waals surface area contributed by atoms with Gasteiger partial charge in [0, 0.05) is 24.0 Å². The summed E-state index contributed by atoms with van der Waals surface area (Å²) in [5.41, 5.74) is 2.31. The number of aryl methyl sites for hydroxylation is 2. The zero-order chi connectivity index (χ0) is 24.5. The van der Waals surface area contributed by atoms with Crippen LogP contribution in [0.2, 0.25) is 0 Å². The number of esters is 1. The third-order valence-electron chi connectivity index (χ3n) is 6.00. The number of β-amino-alcohol motifs (C(OH)–C–C–N with tert-alkyl or cyclic N) is 1. The van der Waals surface area contributed by atoms with Crippen molar-refractivity contribution >= 4 is 38.4 Å². The molecule has 0 aliphatic carbocycles. The summed E-state index contributed by atoms with van der Waals surface area (Å²) in [6.45, 7) is 2.87. The van der Waals surface area contributed by atoms with Gasteiger partial charge in [-0.25, -0.2) is 8.42 Å². The molecule has 2 atom stereocenters. The number of nitrogens with one attached hydrogen (secondary N) is 1. The number of sulfonamides is 1. The quantitative estimate of drug-likeness (QED) is 0.523. The third-order valence-corrected chi connectivity index (χ3v) is 7.87. The topological polar surface area (TPSA) is 113 Å². The van der Waals surface area contributed by atoms with Gasteiger partial charge in [-0.3, -0.25) is 9.59 Å². The Balaban J connectivity index is 1.45. The van der Waals surface area contributed by atoms with Crippen LogP contribution in [0.15, 0.2) is 65.6 Å². The largest absolute Gasteiger partial charge is 0.454 e. The highest BCUT2D eigenvalue weighted by Gasteiger charge is 2.44. The van der Waals surface area contributed by atoms with Crippen molar-refractivity contribution in [3.8, 4) is 0 Å². The molecule has 1 aliphatic rings. The van der Waals surface area contributed by atoms with Crippen LogP contribution < -0.4 is 5.32 Å². The lowest BCUT2D eigenvalue weighted by Gasteiger charge is -2.22. The van der Waals surface area contributed by atoms with E-state index in [1.54, 1.807) is 25.1 Å². The number of aliphatic hydroxyl groups is 1. The van der Waals surface area contributed by atoms with E-state index in [-0.39, 0.29) is 17.9 Å². The van der Waals surface area contributed by atoms with Crippen molar-refractivity contribution < 1.29 is 27.9 Å². The summed E-state index contributed by atoms with van der Waals surface area (Å²) < 4.78 is 32.5. The Kier molecular flexibility index (Phi) is 6.70. The van der Waals surface area contributed by atoms with E-state index in [1.165, 1.54) is 12.1 Å². The van der Waals surface area contributed by atoms with Crippen molar-refractivity contribution in [3.63, 3.8) is 0 Å². The summed E-state index contributed by atoms with van der Waals surface area (Å²) in [4.78, 5) is 25.2. The molecule has 1 fully saturated rings. The van der Waals surface area contributed by atoms with Gasteiger partial charge in [0.25, 0.3) is 5.91 Å². The molecule has 9 heteroatoms. The predicted molar refractivity (Wildman–Crippen MR) is 128 cm³/mol. The number of fused-ring (bicyclic) bond motifs is 1. The molecule has 1 amide bonds. The molecule has 3 aromatic carbocycles. The minimum Gasteiger partial charge on any atom is -0.454 e. The number of hydrogen-bond donors (Lipinski definition) is 2. The first kappa shape index (κ1) is 23.9. The van der Waals surface area contributed by atoms with Gasteiger partial charge >= 0.3 is 5.97 Å². The summed E-state index contributed by atoms with van der Waals surface area (Å²) in [5.74, 6) is -1.43. The molecule has 0 bridgehead atoms. The molecule has 8 nitrogen and oxygen atoms in total. The van der Waals surface area contributed by atoms with Crippen molar-refractivity contribution in [3.05, 3.63) is 71.8 Å². The van der Waals surface area contributed by atoms with Crippen molar-refractivity contribution in [2.45, 2.75) is 37.3 Å². The lowest BCUT2D eigenvalue weighted by molar-refractivity contribution is -0.150. The first-order valence-corrected chi connectivity index (χ1v) is 12.3. The number of amides is 1. The molecule has 0 aromatic heterocycles. The fourth-order valence-corrected chi connectivity index (χ4v) is 5.74. The monoisotopic (exact) mass is 482 g/mol. The minimum absolute atomic E-state index is 0.0381. The van der Waals surface area contributed by atoms with Gasteiger partial charge in [0.05, 0.1) is 11.0 Å². The Morgan fingerprint density at radius 1 is 1.06 bits per heavy atom. The van der Waals surface area contributed by atoms with Gasteiger partial charge in [0.15, 0.2) is 6.61 Å². The molecule has 0 saturated carbocycles. The number of anilines is 1. The maximum atomic E-state index is 13.2. The molecule has 1 saturated heterocycles. The van der Waals surface area contributed by atoms with Gasteiger partial charge in [0.2, 0.25) is 10.0 Å². The average molecular weight is 483 g/mol. The fraction of sp³-hybridized carbons (Fsp3) is 0.280. The third kappa shape index (κ3) is 4.82. The highest BCUT2D eigenvalue weighted by Crippen LogP contribution is 2.28. The molecule has 1 heterocycles. The number of benzene rings is 3. The van der Waals surface area contributed by atoms with Crippen molar-refractivity contribution in [1.82, 2.24) is 4.31 Å². The second-order valence-electron chi connectivity index (χ2n) is 8.41. The van der Waals surface area contributed by atoms with E-state index in [9.17, 15) is 23.1 Å². The van der Waals surface area contributed by atoms with Gasteiger partial charge in [0.1, 0.15) is 6.04 Å². The summed E-state index contributed by atoms with van der Waals surface area (Å²) in [7, 11) is -4.04. The van der Waals surface area contributed by atoms with Gasteiger partial charge in [-0.15, -0.1) is 0 Å². The SMILES string of the molecule is Cc1ccc(S(=O)(=O)N2CC(O)C[C@H]2C(=O)OCC(=O)Nc2cccc3ccccc23)cc1C. The smallest absolute Gasteiger partial charge is 0.325 e. The van der Waals surface area contributed by atoms with Crippen molar-refractivity contribution in [1.29, 1.82) is 0 Å². The number of rotatable bonds is 6. The van der Waals surface area contributed by atoms with Crippen LogP contribution in [0.4, 0.5) is 5.69 Å². The summed E-state index contributed by atoms with van der Waals surface area (Å²) in [5, 5.41) is 14.6. The number of ether oxygens (including phenoxy) is 1. The Bertz CT molecular complexity index is 1350. The maximum Gasteiger partial charge on any atom is 0.325 e. The second-order valence-corrected chi connectivity index (χ2v) is 10.3. The van der Waals surface area contributed by atoms with Gasteiger partial charge in [-0.05, 0) is 48.6 Å². The summed E-state index contributed by atoms with van der Waals surface area (Å²) >= 11 is 0. The first-order valence-electron chi connectivity index (χ1n) is 10.9. The Morgan fingerprint density at radius 3 is 2.56 bits per heavy atom. The van der Waals surface area contributed by atoms with Gasteiger partial charge < -0.3 is 15.2 Å². The van der Waals surface area contributed by atoms with Crippen LogP contribution in [-0.4, -0.2) is 55.0 Å². The molecular weight excluding hydrogens is 456 g/mol. The number of aliphatic hydroxyl groups excluding tert-OH is 1. The van der Waals surface area contributed by atoms with Crippen LogP contribution >= 0.6 is 0 Å². The zero-order valence-electron chi connectivity index (χ0n) is 18.9. The molecule has 1 unspecified atom stereocenters. The maximum absolute atomic E-state index is 13.2. The van der Waals surface area contributed by atoms with Crippen LogP contribution in [0, 0.1) is 13.8 Å². The minimum atomic E-state index is -4.04. The van der Waals surface area contributed by atoms with E-state index in [0.717, 1.165) is 26.2 Å². The van der Waals surface area contributed by atoms with Crippen LogP contribution in [0.3, 0.4) is 0 Å². The Morgan fingerprint density at radius 2 is 1.79 bits per heavy atom. The van der Waals surface area contributed by atoms with Crippen LogP contribution in [-0.2, 0) is 24.3 Å². The van der Waals surface area contributed by atoms with Crippen LogP contribution in [0.1, 0.15) is 17.5 Å². The second kappa shape index (κ2) is 9.54. The van der Waals surface area contributed by atoms with Crippen molar-refractivity contribution in [2.24, 2.45) is 0 Å². The molecule has 178 valence electrons. The molecule has 0 spiro atoms. The van der Waals surface area contributed by atoms with E-state index in [0.29, 0.717) is 5.69 Å². The molecule has 34 heavy (non-hydrogen) atoms. The molecule has 2 N–H and O–H groups in total. The van der Waals surface area contributed by atoms with E-state index in [1.807, 2.05) is 37.3 Å². The van der Waals surface area contributed by atoms with E-state index >= 15 is 0 Å². The lowest BCUT2D eigenvalue weighted by atomic mass is 10.1. The molecule has 3 aromatic rings. The van der Waals surface area contributed by atoms with Gasteiger partial charge in [-0.2, -0.15) is 4.31 Å². The predicted octanol–water partition coefficient (Wildman–Crippen LogP) is 2.76. The number of carbonyl (C=O) groups is 2. The molecule has 0 radical (unpaired) electrons. The zero-order valence-corrected chi connectivity index (χ0v) is 19.7. The van der Waals surface area contributed by atoms with Crippen molar-refractivity contribution in [2.75, 3.05) is 18.5 Å². The van der Waals surface area contributed by atoms with E-state index in [2.05, 4.69) is 5.32 Å². The van der Waals surface area contributed by atoms with Crippen LogP contribution in [0.5, 0.6) is 0 Å². The summed E-state index contributed by atoms with van der Waals surface area (Å²) in [6, 6.07) is 16.5. The molecule has 1 aliphatic heterocycles. The molecular formula is C25H26N2O6S. The van der Waals surface area contributed by atoms with E-state index in [4.69, 9.17) is 4.74 Å². The normalized spacial score (nSPS) is 18.7. The lowest BCUT2D eigenvalue weighted by Crippen LogP contribution is -2.42. The Hall–Kier alpha value is -3.27. The average Bonchev–Trinajstić information content (AvgIpc) is 3.22. The highest BCUT2D eigenvalue weighted by molar-refractivity contribution is 7.89. The standard InChI is InChI=1S/C25H26N2O6S/c1-16-10-11-20(12-17(16)2)34(31,32)27-14-19(28)13-23(27)25(30)33-15-24(29)26-22-9-5-7-18-6-3-4-8-21(18)22/h3-12,19,23,28H,13-15H2,1-2H3,(H,26,29)/t19?,23-/m0/s1. The summed E-state index contributed by atoms with van der Waals surface area (Å²) in [6.07, 6.45) is -1.11. The van der Waals surface area contributed by atoms with Gasteiger partial charge in [-0.1, -0.05) is 42.5 Å².